The van der Waals surface area contributed by atoms with Gasteiger partial charge in [0.2, 0.25) is 17.7 Å². The number of carbonyl (C=O) groups is 3. The van der Waals surface area contributed by atoms with Crippen molar-refractivity contribution in [2.24, 2.45) is 0 Å². The number of anilines is 3. The summed E-state index contributed by atoms with van der Waals surface area (Å²) in [6, 6.07) is 24.2. The molecule has 0 unspecified atom stereocenters. The molecule has 0 spiro atoms. The smallest absolute Gasteiger partial charge is 0.224 e. The molecule has 6 nitrogen and oxygen atoms in total. The van der Waals surface area contributed by atoms with Crippen molar-refractivity contribution in [1.82, 2.24) is 0 Å². The van der Waals surface area contributed by atoms with Crippen LogP contribution in [0.1, 0.15) is 140 Å². The van der Waals surface area contributed by atoms with E-state index in [0.717, 1.165) is 111 Å². The Labute approximate surface area is 277 Å². The Morgan fingerprint density at radius 3 is 0.913 bits per heavy atom. The molecular formula is C40H55N3O3. The van der Waals surface area contributed by atoms with E-state index >= 15 is 0 Å². The Morgan fingerprint density at radius 2 is 0.674 bits per heavy atom. The van der Waals surface area contributed by atoms with Crippen LogP contribution < -0.4 is 16.0 Å². The molecule has 3 rings (SSSR count). The maximum absolute atomic E-state index is 12.5. The van der Waals surface area contributed by atoms with Crippen molar-refractivity contribution in [2.75, 3.05) is 16.0 Å². The fraction of sp³-hybridized carbons (Fsp3) is 0.475. The van der Waals surface area contributed by atoms with E-state index in [1.54, 1.807) is 0 Å². The van der Waals surface area contributed by atoms with E-state index in [1.165, 1.54) is 0 Å². The summed E-state index contributed by atoms with van der Waals surface area (Å²) in [5, 5.41) is 9.12. The second-order valence-electron chi connectivity index (χ2n) is 12.4. The van der Waals surface area contributed by atoms with Gasteiger partial charge >= 0.3 is 0 Å². The van der Waals surface area contributed by atoms with Crippen molar-refractivity contribution >= 4 is 34.8 Å². The first-order chi connectivity index (χ1) is 22.4. The minimum Gasteiger partial charge on any atom is -0.326 e. The molecule has 248 valence electrons. The molecule has 0 fully saturated rings. The van der Waals surface area contributed by atoms with E-state index in [1.807, 2.05) is 36.4 Å². The van der Waals surface area contributed by atoms with Crippen LogP contribution in [0, 0.1) is 0 Å². The molecule has 0 aromatic heterocycles. The zero-order chi connectivity index (χ0) is 33.0. The summed E-state index contributed by atoms with van der Waals surface area (Å²) >= 11 is 0. The van der Waals surface area contributed by atoms with Crippen molar-refractivity contribution in [3.05, 3.63) is 89.5 Å². The van der Waals surface area contributed by atoms with E-state index < -0.39 is 0 Å². The van der Waals surface area contributed by atoms with Gasteiger partial charge in [-0.15, -0.1) is 0 Å². The van der Waals surface area contributed by atoms with Gasteiger partial charge in [-0.2, -0.15) is 0 Å². The molecule has 3 aromatic rings. The summed E-state index contributed by atoms with van der Waals surface area (Å²) in [4.78, 5) is 37.4. The zero-order valence-electron chi connectivity index (χ0n) is 28.3. The molecule has 6 heteroatoms. The Kier molecular flexibility index (Phi) is 16.7. The van der Waals surface area contributed by atoms with Gasteiger partial charge in [-0.3, -0.25) is 14.4 Å². The predicted octanol–water partition coefficient (Wildman–Crippen LogP) is 10.6. The Balaban J connectivity index is 1.75. The van der Waals surface area contributed by atoms with Gasteiger partial charge in [0.15, 0.2) is 0 Å². The highest BCUT2D eigenvalue weighted by Crippen LogP contribution is 2.34. The lowest BCUT2D eigenvalue weighted by molar-refractivity contribution is -0.117. The highest BCUT2D eigenvalue weighted by Gasteiger charge is 2.18. The molecule has 0 aliphatic carbocycles. The van der Waals surface area contributed by atoms with Crippen molar-refractivity contribution in [3.63, 3.8) is 0 Å². The number of rotatable bonds is 21. The standard InChI is InChI=1S/C40H55N3O3/c1-4-7-10-13-16-37(44)41-34-25-19-31(20-26-34)40(32-21-27-35(28-22-32)42-38(45)17-14-11-8-5-2)33-23-29-36(30-24-33)43-39(46)18-15-12-9-6-3/h19-30,40H,4-18H2,1-3H3,(H,41,44)(H,42,45)(H,43,46). The summed E-state index contributed by atoms with van der Waals surface area (Å²) in [5.74, 6) is 0.0700. The minimum absolute atomic E-state index is 0.0476. The predicted molar refractivity (Wildman–Crippen MR) is 192 cm³/mol. The summed E-state index contributed by atoms with van der Waals surface area (Å²) in [6.45, 7) is 6.50. The fourth-order valence-electron chi connectivity index (χ4n) is 5.66. The topological polar surface area (TPSA) is 87.3 Å². The third-order valence-corrected chi connectivity index (χ3v) is 8.36. The van der Waals surface area contributed by atoms with Gasteiger partial charge in [-0.05, 0) is 72.4 Å². The monoisotopic (exact) mass is 625 g/mol. The molecule has 3 N–H and O–H groups in total. The van der Waals surface area contributed by atoms with Crippen LogP contribution in [0.3, 0.4) is 0 Å². The van der Waals surface area contributed by atoms with Gasteiger partial charge in [0.1, 0.15) is 0 Å². The lowest BCUT2D eigenvalue weighted by atomic mass is 9.85. The Morgan fingerprint density at radius 1 is 0.413 bits per heavy atom. The quantitative estimate of drug-likeness (QED) is 0.0813. The largest absolute Gasteiger partial charge is 0.326 e. The van der Waals surface area contributed by atoms with E-state index in [2.05, 4.69) is 73.1 Å². The highest BCUT2D eigenvalue weighted by atomic mass is 16.2. The highest BCUT2D eigenvalue weighted by molar-refractivity contribution is 5.91. The molecule has 0 aliphatic heterocycles. The average Bonchev–Trinajstić information content (AvgIpc) is 3.06. The second kappa shape index (κ2) is 21.0. The summed E-state index contributed by atoms with van der Waals surface area (Å²) < 4.78 is 0. The van der Waals surface area contributed by atoms with Crippen LogP contribution in [0.15, 0.2) is 72.8 Å². The number of hydrogen-bond donors (Lipinski definition) is 3. The van der Waals surface area contributed by atoms with Gasteiger partial charge in [0.25, 0.3) is 0 Å². The number of amides is 3. The molecule has 3 aromatic carbocycles. The summed E-state index contributed by atoms with van der Waals surface area (Å²) in [5.41, 5.74) is 5.62. The Bertz CT molecular complexity index is 1150. The zero-order valence-corrected chi connectivity index (χ0v) is 28.3. The van der Waals surface area contributed by atoms with E-state index in [4.69, 9.17) is 0 Å². The van der Waals surface area contributed by atoms with Crippen LogP contribution in [-0.4, -0.2) is 17.7 Å². The molecule has 0 atom stereocenters. The van der Waals surface area contributed by atoms with E-state index in [9.17, 15) is 14.4 Å². The molecule has 3 amide bonds. The molecule has 0 heterocycles. The van der Waals surface area contributed by atoms with Gasteiger partial charge in [-0.1, -0.05) is 115 Å². The maximum atomic E-state index is 12.5. The van der Waals surface area contributed by atoms with Crippen LogP contribution in [0.2, 0.25) is 0 Å². The summed E-state index contributed by atoms with van der Waals surface area (Å²) in [7, 11) is 0. The summed E-state index contributed by atoms with van der Waals surface area (Å²) in [6.07, 6.45) is 14.5. The van der Waals surface area contributed by atoms with Crippen LogP contribution >= 0.6 is 0 Å². The number of carbonyl (C=O) groups excluding carboxylic acids is 3. The third kappa shape index (κ3) is 13.2. The molecule has 46 heavy (non-hydrogen) atoms. The molecular weight excluding hydrogens is 570 g/mol. The van der Waals surface area contributed by atoms with Crippen molar-refractivity contribution in [2.45, 2.75) is 123 Å². The lowest BCUT2D eigenvalue weighted by Gasteiger charge is -2.20. The van der Waals surface area contributed by atoms with Crippen molar-refractivity contribution in [3.8, 4) is 0 Å². The third-order valence-electron chi connectivity index (χ3n) is 8.36. The first-order valence-corrected chi connectivity index (χ1v) is 17.6. The van der Waals surface area contributed by atoms with Crippen LogP contribution in [-0.2, 0) is 14.4 Å². The Hall–Kier alpha value is -3.93. The maximum Gasteiger partial charge on any atom is 0.224 e. The molecule has 0 bridgehead atoms. The average molecular weight is 626 g/mol. The van der Waals surface area contributed by atoms with Gasteiger partial charge in [-0.25, -0.2) is 0 Å². The molecule has 0 radical (unpaired) electrons. The number of hydrogen-bond acceptors (Lipinski definition) is 3. The normalized spacial score (nSPS) is 11.0. The van der Waals surface area contributed by atoms with E-state index in [0.29, 0.717) is 19.3 Å². The fourth-order valence-corrected chi connectivity index (χ4v) is 5.66. The molecule has 0 aliphatic rings. The van der Waals surface area contributed by atoms with Gasteiger partial charge < -0.3 is 16.0 Å². The lowest BCUT2D eigenvalue weighted by Crippen LogP contribution is -2.12. The van der Waals surface area contributed by atoms with Gasteiger partial charge in [0, 0.05) is 42.2 Å². The minimum atomic E-state index is -0.0728. The van der Waals surface area contributed by atoms with Crippen LogP contribution in [0.5, 0.6) is 0 Å². The number of nitrogens with one attached hydrogen (secondary N) is 3. The van der Waals surface area contributed by atoms with E-state index in [-0.39, 0.29) is 23.6 Å². The molecule has 0 saturated carbocycles. The van der Waals surface area contributed by atoms with Crippen LogP contribution in [0.4, 0.5) is 17.1 Å². The molecule has 0 saturated heterocycles. The second-order valence-corrected chi connectivity index (χ2v) is 12.4. The SMILES string of the molecule is CCCCCCC(=O)Nc1ccc(C(c2ccc(NC(=O)CCCCCC)cc2)c2ccc(NC(=O)CCCCCC)cc2)cc1. The van der Waals surface area contributed by atoms with Crippen molar-refractivity contribution in [1.29, 1.82) is 0 Å². The van der Waals surface area contributed by atoms with Gasteiger partial charge in [0.05, 0.1) is 0 Å². The number of benzene rings is 3. The first kappa shape index (κ1) is 36.5. The van der Waals surface area contributed by atoms with Crippen LogP contribution in [0.25, 0.3) is 0 Å². The van der Waals surface area contributed by atoms with Crippen molar-refractivity contribution < 1.29 is 14.4 Å². The number of unbranched alkanes of at least 4 members (excludes halogenated alkanes) is 9. The first-order valence-electron chi connectivity index (χ1n) is 17.6.